The zero-order valence-corrected chi connectivity index (χ0v) is 3.33. The molecule has 0 aromatic heterocycles. The van der Waals surface area contributed by atoms with E-state index < -0.39 is 0 Å². The molecule has 0 heterocycles. The average Bonchev–Trinajstić information content (AvgIpc) is 1.50. The Labute approximate surface area is 32.9 Å². The third-order valence-electron chi connectivity index (χ3n) is 0. The lowest BCUT2D eigenvalue weighted by atomic mass is 11.3. The van der Waals surface area contributed by atoms with Crippen LogP contribution in [-0.4, -0.2) is 5.48 Å². The van der Waals surface area contributed by atoms with Crippen molar-refractivity contribution in [1.82, 2.24) is 0 Å². The molecule has 0 unspecified atom stereocenters. The van der Waals surface area contributed by atoms with Crippen molar-refractivity contribution in [2.75, 3.05) is 0 Å². The van der Waals surface area contributed by atoms with E-state index in [0.717, 1.165) is 0 Å². The second kappa shape index (κ2) is 65.3. The Bertz CT molecular complexity index is 5.61. The van der Waals surface area contributed by atoms with E-state index in [-0.39, 0.29) is 5.48 Å². The Morgan fingerprint density at radius 1 is 0.600 bits per heavy atom. The van der Waals surface area contributed by atoms with Crippen LogP contribution in [0.3, 0.4) is 0 Å². The monoisotopic (exact) mass is 74.1 g/mol. The van der Waals surface area contributed by atoms with Gasteiger partial charge in [-0.1, -0.05) is 0 Å². The molecule has 2 N–H and O–H groups in total. The largest absolute Gasteiger partial charge is 0.412 e. The fourth-order valence-electron chi connectivity index (χ4n) is 0. The maximum Gasteiger partial charge on any atom is -0.106 e. The minimum atomic E-state index is 0. The molecule has 0 spiro atoms. The van der Waals surface area contributed by atoms with Gasteiger partial charge >= 0.3 is 0 Å². The van der Waals surface area contributed by atoms with Gasteiger partial charge in [0.15, 0.2) is 0 Å². The highest BCUT2D eigenvalue weighted by Crippen LogP contribution is 0.864. The number of hydrogen-bond donors (Lipinski definition) is 0. The van der Waals surface area contributed by atoms with Crippen LogP contribution in [-0.2, 0) is 0 Å². The molecule has 0 aliphatic heterocycles. The van der Waals surface area contributed by atoms with E-state index in [1.165, 1.54) is 0 Å². The summed E-state index contributed by atoms with van der Waals surface area (Å²) in [5.74, 6) is 0. The summed E-state index contributed by atoms with van der Waals surface area (Å²) >= 11 is 0. The predicted octanol–water partition coefficient (Wildman–Crippen LogP) is 0.780. The van der Waals surface area contributed by atoms with Gasteiger partial charge < -0.3 is 5.48 Å². The van der Waals surface area contributed by atoms with E-state index >= 15 is 0 Å². The van der Waals surface area contributed by atoms with Gasteiger partial charge in [-0.2, -0.15) is 0 Å². The Hall–Kier alpha value is -0.560. The Morgan fingerprint density at radius 3 is 0.600 bits per heavy atom. The van der Waals surface area contributed by atoms with Gasteiger partial charge in [-0.25, -0.2) is 0 Å². The van der Waals surface area contributed by atoms with Crippen LogP contribution in [0.2, 0.25) is 0 Å². The summed E-state index contributed by atoms with van der Waals surface area (Å²) in [6, 6.07) is 0. The third kappa shape index (κ3) is 22.7. The SMILES string of the molecule is C=C.C=C.O. The van der Waals surface area contributed by atoms with Crippen LogP contribution in [0.15, 0.2) is 26.3 Å². The van der Waals surface area contributed by atoms with Crippen LogP contribution < -0.4 is 0 Å². The highest BCUT2D eigenvalue weighted by Gasteiger charge is 0.603. The quantitative estimate of drug-likeness (QED) is 0.380. The van der Waals surface area contributed by atoms with Crippen molar-refractivity contribution in [1.29, 1.82) is 0 Å². The van der Waals surface area contributed by atoms with Crippen molar-refractivity contribution in [3.05, 3.63) is 26.3 Å². The second-order valence-electron chi connectivity index (χ2n) is 0. The van der Waals surface area contributed by atoms with E-state index in [0.29, 0.717) is 0 Å². The molecule has 0 atom stereocenters. The van der Waals surface area contributed by atoms with Crippen molar-refractivity contribution in [3.8, 4) is 0 Å². The van der Waals surface area contributed by atoms with Crippen molar-refractivity contribution in [2.45, 2.75) is 0 Å². The minimum absolute atomic E-state index is 0. The average molecular weight is 74.1 g/mol. The molecule has 0 saturated carbocycles. The third-order valence-corrected chi connectivity index (χ3v) is 0. The maximum atomic E-state index is 3.00. The van der Waals surface area contributed by atoms with Gasteiger partial charge in [-0.3, -0.25) is 0 Å². The molecule has 0 aliphatic carbocycles. The molecule has 0 aromatic rings. The van der Waals surface area contributed by atoms with Crippen LogP contribution in [0.25, 0.3) is 0 Å². The van der Waals surface area contributed by atoms with E-state index in [2.05, 4.69) is 26.3 Å². The van der Waals surface area contributed by atoms with Gasteiger partial charge in [0.25, 0.3) is 0 Å². The Kier molecular flexibility index (Phi) is 331. The molecule has 0 saturated heterocycles. The summed E-state index contributed by atoms with van der Waals surface area (Å²) in [7, 11) is 0. The van der Waals surface area contributed by atoms with Crippen molar-refractivity contribution >= 4 is 0 Å². The fourth-order valence-corrected chi connectivity index (χ4v) is 0. The minimum Gasteiger partial charge on any atom is -0.412 e. The van der Waals surface area contributed by atoms with Crippen molar-refractivity contribution in [3.63, 3.8) is 0 Å². The van der Waals surface area contributed by atoms with Crippen LogP contribution >= 0.6 is 0 Å². The lowest BCUT2D eigenvalue weighted by Gasteiger charge is -0.813. The molecular formula is C4H10O. The number of rotatable bonds is 0. The zero-order valence-electron chi connectivity index (χ0n) is 3.33. The summed E-state index contributed by atoms with van der Waals surface area (Å²) < 4.78 is 0. The molecule has 0 radical (unpaired) electrons. The Balaban J connectivity index is -0.0000000133. The first-order valence-corrected chi connectivity index (χ1v) is 1.000. The summed E-state index contributed by atoms with van der Waals surface area (Å²) in [4.78, 5) is 0. The summed E-state index contributed by atoms with van der Waals surface area (Å²) in [6.45, 7) is 12.0. The van der Waals surface area contributed by atoms with Gasteiger partial charge in [-0.05, 0) is 0 Å². The van der Waals surface area contributed by atoms with Crippen molar-refractivity contribution in [2.24, 2.45) is 0 Å². The predicted molar refractivity (Wildman–Crippen MR) is 26.1 cm³/mol. The fraction of sp³-hybridized carbons (Fsp3) is 0. The van der Waals surface area contributed by atoms with Crippen LogP contribution in [0.1, 0.15) is 0 Å². The summed E-state index contributed by atoms with van der Waals surface area (Å²) in [5.41, 5.74) is 0. The topological polar surface area (TPSA) is 31.5 Å². The summed E-state index contributed by atoms with van der Waals surface area (Å²) in [5, 5.41) is 0. The van der Waals surface area contributed by atoms with E-state index in [1.54, 1.807) is 0 Å². The summed E-state index contributed by atoms with van der Waals surface area (Å²) in [6.07, 6.45) is 0. The normalized spacial score (nSPS) is 1.60. The smallest absolute Gasteiger partial charge is 0.106 e. The molecule has 1 heteroatoms. The van der Waals surface area contributed by atoms with Gasteiger partial charge in [0, 0.05) is 0 Å². The molecule has 32 valence electrons. The maximum absolute atomic E-state index is 3.00. The molecule has 0 fully saturated rings. The van der Waals surface area contributed by atoms with E-state index in [4.69, 9.17) is 0 Å². The zero-order chi connectivity index (χ0) is 4.00. The first-order valence-electron chi connectivity index (χ1n) is 1.000. The number of hydrogen-bond acceptors (Lipinski definition) is 0. The first-order chi connectivity index (χ1) is 2.00. The van der Waals surface area contributed by atoms with E-state index in [9.17, 15) is 0 Å². The molecule has 1 nitrogen and oxygen atoms in total. The van der Waals surface area contributed by atoms with Gasteiger partial charge in [0.2, 0.25) is 0 Å². The van der Waals surface area contributed by atoms with Crippen LogP contribution in [0, 0.1) is 0 Å². The molecular weight excluding hydrogens is 64.0 g/mol. The molecule has 0 rings (SSSR count). The van der Waals surface area contributed by atoms with Crippen molar-refractivity contribution < 1.29 is 5.48 Å². The van der Waals surface area contributed by atoms with Gasteiger partial charge in [0.1, 0.15) is 0 Å². The molecule has 0 bridgehead atoms. The first kappa shape index (κ1) is 25.3. The van der Waals surface area contributed by atoms with E-state index in [1.807, 2.05) is 0 Å². The lowest BCUT2D eigenvalue weighted by Crippen LogP contribution is -0.552. The molecule has 0 aliphatic rings. The van der Waals surface area contributed by atoms with Gasteiger partial charge in [0.05, 0.1) is 0 Å². The highest BCUT2D eigenvalue weighted by molar-refractivity contribution is 4.22. The van der Waals surface area contributed by atoms with Gasteiger partial charge in [-0.15, -0.1) is 26.3 Å². The van der Waals surface area contributed by atoms with Crippen LogP contribution in [0.4, 0.5) is 0 Å². The standard InChI is InChI=1S/2C2H4.H2O/c2*1-2;/h2*1-2H2;1H2. The van der Waals surface area contributed by atoms with Crippen LogP contribution in [0.5, 0.6) is 0 Å². The second-order valence-corrected chi connectivity index (χ2v) is 0. The molecule has 5 heavy (non-hydrogen) atoms. The Morgan fingerprint density at radius 2 is 0.600 bits per heavy atom. The molecule has 0 aromatic carbocycles. The molecule has 0 amide bonds. The lowest BCUT2D eigenvalue weighted by molar-refractivity contribution is 0.824. The highest BCUT2D eigenvalue weighted by atomic mass is 16.0.